The van der Waals surface area contributed by atoms with Crippen molar-refractivity contribution in [3.8, 4) is 0 Å². The molecule has 100 valence electrons. The van der Waals surface area contributed by atoms with Gasteiger partial charge in [0.25, 0.3) is 5.91 Å². The predicted octanol–water partition coefficient (Wildman–Crippen LogP) is 2.35. The predicted molar refractivity (Wildman–Crippen MR) is 72.4 cm³/mol. The molecule has 0 saturated heterocycles. The highest BCUT2D eigenvalue weighted by Gasteiger charge is 2.02. The standard InChI is InChI=1S/C13H22N4O/c1-2-3-4-5-6-7-10-15-12-9-8-11(13(14)18)16-17-12/h8-9H,2-7,10H2,1H3,(H2,14,18)(H,15,17). The van der Waals surface area contributed by atoms with Crippen molar-refractivity contribution in [3.05, 3.63) is 17.8 Å². The third-order valence-corrected chi connectivity index (χ3v) is 2.75. The summed E-state index contributed by atoms with van der Waals surface area (Å²) in [5.74, 6) is 0.138. The van der Waals surface area contributed by atoms with E-state index in [9.17, 15) is 4.79 Å². The van der Waals surface area contributed by atoms with Gasteiger partial charge in [-0.2, -0.15) is 0 Å². The van der Waals surface area contributed by atoms with E-state index in [4.69, 9.17) is 5.73 Å². The van der Waals surface area contributed by atoms with Crippen molar-refractivity contribution in [2.45, 2.75) is 45.4 Å². The van der Waals surface area contributed by atoms with Crippen LogP contribution in [-0.4, -0.2) is 22.6 Å². The second-order valence-corrected chi connectivity index (χ2v) is 4.36. The molecule has 0 bridgehead atoms. The Morgan fingerprint density at radius 3 is 2.50 bits per heavy atom. The van der Waals surface area contributed by atoms with Gasteiger partial charge in [-0.15, -0.1) is 10.2 Å². The Morgan fingerprint density at radius 2 is 1.89 bits per heavy atom. The third-order valence-electron chi connectivity index (χ3n) is 2.75. The first-order valence-electron chi connectivity index (χ1n) is 6.61. The van der Waals surface area contributed by atoms with Crippen LogP contribution in [0.2, 0.25) is 0 Å². The van der Waals surface area contributed by atoms with Gasteiger partial charge in [0.1, 0.15) is 5.82 Å². The van der Waals surface area contributed by atoms with Crippen LogP contribution in [0.3, 0.4) is 0 Å². The molecule has 0 aliphatic rings. The Morgan fingerprint density at radius 1 is 1.17 bits per heavy atom. The van der Waals surface area contributed by atoms with Crippen LogP contribution in [0, 0.1) is 0 Å². The average Bonchev–Trinajstić information content (AvgIpc) is 2.38. The molecular weight excluding hydrogens is 228 g/mol. The monoisotopic (exact) mass is 250 g/mol. The first-order chi connectivity index (χ1) is 8.74. The lowest BCUT2D eigenvalue weighted by Crippen LogP contribution is -2.14. The Balaban J connectivity index is 2.14. The van der Waals surface area contributed by atoms with Gasteiger partial charge in [-0.05, 0) is 18.6 Å². The van der Waals surface area contributed by atoms with Crippen molar-refractivity contribution in [1.29, 1.82) is 0 Å². The molecule has 0 spiro atoms. The number of primary amides is 1. The summed E-state index contributed by atoms with van der Waals surface area (Å²) >= 11 is 0. The molecule has 0 unspecified atom stereocenters. The molecule has 1 aromatic rings. The maximum Gasteiger partial charge on any atom is 0.269 e. The highest BCUT2D eigenvalue weighted by atomic mass is 16.1. The van der Waals surface area contributed by atoms with Gasteiger partial charge >= 0.3 is 0 Å². The molecule has 1 rings (SSSR count). The van der Waals surface area contributed by atoms with Crippen molar-refractivity contribution in [3.63, 3.8) is 0 Å². The van der Waals surface area contributed by atoms with Crippen molar-refractivity contribution in [2.75, 3.05) is 11.9 Å². The summed E-state index contributed by atoms with van der Waals surface area (Å²) in [5.41, 5.74) is 5.28. The molecule has 0 fully saturated rings. The zero-order chi connectivity index (χ0) is 13.2. The Bertz CT molecular complexity index is 351. The number of carbonyl (C=O) groups excluding carboxylic acids is 1. The number of anilines is 1. The minimum atomic E-state index is -0.551. The van der Waals surface area contributed by atoms with Crippen LogP contribution < -0.4 is 11.1 Å². The SMILES string of the molecule is CCCCCCCCNc1ccc(C(N)=O)nn1. The van der Waals surface area contributed by atoms with Crippen molar-refractivity contribution < 1.29 is 4.79 Å². The molecule has 3 N–H and O–H groups in total. The molecule has 1 heterocycles. The summed E-state index contributed by atoms with van der Waals surface area (Å²) in [6.45, 7) is 3.10. The van der Waals surface area contributed by atoms with Crippen molar-refractivity contribution in [2.24, 2.45) is 5.73 Å². The van der Waals surface area contributed by atoms with Crippen LogP contribution in [0.15, 0.2) is 12.1 Å². The smallest absolute Gasteiger partial charge is 0.269 e. The number of hydrogen-bond donors (Lipinski definition) is 2. The van der Waals surface area contributed by atoms with E-state index in [0.29, 0.717) is 5.82 Å². The minimum absolute atomic E-state index is 0.195. The summed E-state index contributed by atoms with van der Waals surface area (Å²) in [5, 5.41) is 10.8. The fraction of sp³-hybridized carbons (Fsp3) is 0.615. The maximum absolute atomic E-state index is 10.8. The molecule has 5 nitrogen and oxygen atoms in total. The molecule has 18 heavy (non-hydrogen) atoms. The summed E-state index contributed by atoms with van der Waals surface area (Å²) in [6, 6.07) is 3.31. The maximum atomic E-state index is 10.8. The minimum Gasteiger partial charge on any atom is -0.369 e. The van der Waals surface area contributed by atoms with Crippen LogP contribution >= 0.6 is 0 Å². The summed E-state index contributed by atoms with van der Waals surface area (Å²) < 4.78 is 0. The molecule has 0 aromatic carbocycles. The number of aromatic nitrogens is 2. The highest BCUT2D eigenvalue weighted by Crippen LogP contribution is 2.06. The molecule has 1 amide bonds. The van der Waals surface area contributed by atoms with Crippen LogP contribution in [0.25, 0.3) is 0 Å². The van der Waals surface area contributed by atoms with Gasteiger partial charge in [-0.1, -0.05) is 39.0 Å². The van der Waals surface area contributed by atoms with E-state index in [1.807, 2.05) is 0 Å². The van der Waals surface area contributed by atoms with E-state index in [2.05, 4.69) is 22.4 Å². The number of carbonyl (C=O) groups is 1. The second-order valence-electron chi connectivity index (χ2n) is 4.36. The molecule has 0 saturated carbocycles. The zero-order valence-corrected chi connectivity index (χ0v) is 11.0. The molecule has 1 aromatic heterocycles. The lowest BCUT2D eigenvalue weighted by atomic mass is 10.1. The van der Waals surface area contributed by atoms with Gasteiger partial charge in [0.2, 0.25) is 0 Å². The molecule has 0 atom stereocenters. The van der Waals surface area contributed by atoms with Gasteiger partial charge in [0.05, 0.1) is 0 Å². The second kappa shape index (κ2) is 8.44. The molecule has 0 aliphatic heterocycles. The van der Waals surface area contributed by atoms with E-state index in [1.54, 1.807) is 12.1 Å². The van der Waals surface area contributed by atoms with E-state index in [0.717, 1.165) is 13.0 Å². The number of unbranched alkanes of at least 4 members (excludes halogenated alkanes) is 5. The fourth-order valence-corrected chi connectivity index (χ4v) is 1.68. The van der Waals surface area contributed by atoms with Gasteiger partial charge in [-0.3, -0.25) is 4.79 Å². The van der Waals surface area contributed by atoms with E-state index in [1.165, 1.54) is 32.1 Å². The van der Waals surface area contributed by atoms with E-state index in [-0.39, 0.29) is 5.69 Å². The van der Waals surface area contributed by atoms with Gasteiger partial charge in [0, 0.05) is 6.54 Å². The lowest BCUT2D eigenvalue weighted by molar-refractivity contribution is 0.0994. The van der Waals surface area contributed by atoms with Crippen molar-refractivity contribution in [1.82, 2.24) is 10.2 Å². The zero-order valence-electron chi connectivity index (χ0n) is 11.0. The number of amides is 1. The van der Waals surface area contributed by atoms with E-state index < -0.39 is 5.91 Å². The topological polar surface area (TPSA) is 80.9 Å². The van der Waals surface area contributed by atoms with E-state index >= 15 is 0 Å². The quantitative estimate of drug-likeness (QED) is 0.659. The fourth-order valence-electron chi connectivity index (χ4n) is 1.68. The van der Waals surface area contributed by atoms with Crippen LogP contribution in [0.5, 0.6) is 0 Å². The summed E-state index contributed by atoms with van der Waals surface area (Å²) in [6.07, 6.45) is 7.59. The number of nitrogens with two attached hydrogens (primary N) is 1. The molecule has 5 heteroatoms. The number of nitrogens with one attached hydrogen (secondary N) is 1. The van der Waals surface area contributed by atoms with Gasteiger partial charge in [-0.25, -0.2) is 0 Å². The van der Waals surface area contributed by atoms with Crippen molar-refractivity contribution >= 4 is 11.7 Å². The largest absolute Gasteiger partial charge is 0.369 e. The molecular formula is C13H22N4O. The molecule has 0 aliphatic carbocycles. The lowest BCUT2D eigenvalue weighted by Gasteiger charge is -2.04. The van der Waals surface area contributed by atoms with Crippen LogP contribution in [-0.2, 0) is 0 Å². The summed E-state index contributed by atoms with van der Waals surface area (Å²) in [7, 11) is 0. The number of rotatable bonds is 9. The summed E-state index contributed by atoms with van der Waals surface area (Å²) in [4.78, 5) is 10.8. The molecule has 0 radical (unpaired) electrons. The Labute approximate surface area is 108 Å². The first kappa shape index (κ1) is 14.4. The van der Waals surface area contributed by atoms with Crippen LogP contribution in [0.1, 0.15) is 55.9 Å². The Kier molecular flexibility index (Phi) is 6.76. The van der Waals surface area contributed by atoms with Gasteiger partial charge < -0.3 is 11.1 Å². The normalized spacial score (nSPS) is 10.3. The first-order valence-corrected chi connectivity index (χ1v) is 6.61. The number of hydrogen-bond acceptors (Lipinski definition) is 4. The van der Waals surface area contributed by atoms with Crippen LogP contribution in [0.4, 0.5) is 5.82 Å². The number of nitrogens with zero attached hydrogens (tertiary/aromatic N) is 2. The Hall–Kier alpha value is -1.65. The highest BCUT2D eigenvalue weighted by molar-refractivity contribution is 5.90. The van der Waals surface area contributed by atoms with Gasteiger partial charge in [0.15, 0.2) is 5.69 Å². The average molecular weight is 250 g/mol. The third kappa shape index (κ3) is 5.61.